The molecule has 0 bridgehead atoms. The smallest absolute Gasteiger partial charge is 0.259 e. The maximum absolute atomic E-state index is 12.8. The summed E-state index contributed by atoms with van der Waals surface area (Å²) in [5.41, 5.74) is 1.61. The van der Waals surface area contributed by atoms with Gasteiger partial charge in [0.25, 0.3) is 5.91 Å². The highest BCUT2D eigenvalue weighted by Gasteiger charge is 2.26. The van der Waals surface area contributed by atoms with Gasteiger partial charge < -0.3 is 15.0 Å². The molecule has 1 N–H and O–H groups in total. The number of anilines is 1. The molecule has 1 atom stereocenters. The summed E-state index contributed by atoms with van der Waals surface area (Å²) in [4.78, 5) is 18.7. The summed E-state index contributed by atoms with van der Waals surface area (Å²) in [5.74, 6) is 0.366. The van der Waals surface area contributed by atoms with E-state index in [4.69, 9.17) is 4.74 Å². The van der Waals surface area contributed by atoms with Gasteiger partial charge in [-0.15, -0.1) is 0 Å². The molecule has 23 heavy (non-hydrogen) atoms. The summed E-state index contributed by atoms with van der Waals surface area (Å²) in [6.07, 6.45) is 3.67. The Morgan fingerprint density at radius 2 is 2.09 bits per heavy atom. The zero-order valence-electron chi connectivity index (χ0n) is 13.2. The Morgan fingerprint density at radius 3 is 2.87 bits per heavy atom. The fourth-order valence-corrected chi connectivity index (χ4v) is 2.94. The van der Waals surface area contributed by atoms with Gasteiger partial charge >= 0.3 is 0 Å². The Kier molecular flexibility index (Phi) is 4.76. The number of rotatable bonds is 4. The molecule has 1 amide bonds. The minimum atomic E-state index is -0.0190. The number of ether oxygens (including phenoxy) is 1. The maximum atomic E-state index is 12.8. The molecule has 2 aromatic rings. The third-order valence-electron chi connectivity index (χ3n) is 4.05. The van der Waals surface area contributed by atoms with Crippen LogP contribution >= 0.6 is 0 Å². The first-order valence-corrected chi connectivity index (χ1v) is 7.88. The Morgan fingerprint density at radius 1 is 1.26 bits per heavy atom. The highest BCUT2D eigenvalue weighted by Crippen LogP contribution is 2.21. The molecule has 0 radical (unpaired) electrons. The van der Waals surface area contributed by atoms with Gasteiger partial charge in [-0.3, -0.25) is 4.79 Å². The fraction of sp³-hybridized carbons (Fsp3) is 0.333. The Bertz CT molecular complexity index is 660. The van der Waals surface area contributed by atoms with Crippen LogP contribution in [0.1, 0.15) is 23.2 Å². The van der Waals surface area contributed by atoms with Crippen molar-refractivity contribution in [1.82, 2.24) is 9.88 Å². The number of aromatic nitrogens is 1. The second kappa shape index (κ2) is 7.13. The van der Waals surface area contributed by atoms with Crippen LogP contribution in [0, 0.1) is 0 Å². The molecule has 0 saturated carbocycles. The number of hydrogen-bond acceptors (Lipinski definition) is 4. The van der Waals surface area contributed by atoms with Crippen LogP contribution in [0.15, 0.2) is 48.7 Å². The van der Waals surface area contributed by atoms with Gasteiger partial charge in [0.2, 0.25) is 5.88 Å². The van der Waals surface area contributed by atoms with Crippen molar-refractivity contribution >= 4 is 11.6 Å². The van der Waals surface area contributed by atoms with Gasteiger partial charge in [-0.2, -0.15) is 0 Å². The Hall–Kier alpha value is -2.56. The zero-order valence-corrected chi connectivity index (χ0v) is 13.2. The van der Waals surface area contributed by atoms with E-state index in [-0.39, 0.29) is 11.9 Å². The molecule has 1 aliphatic heterocycles. The monoisotopic (exact) mass is 311 g/mol. The van der Waals surface area contributed by atoms with Crippen molar-refractivity contribution in [1.29, 1.82) is 0 Å². The second-order valence-corrected chi connectivity index (χ2v) is 5.66. The molecule has 0 spiro atoms. The average molecular weight is 311 g/mol. The summed E-state index contributed by atoms with van der Waals surface area (Å²) in [5, 5.41) is 3.50. The average Bonchev–Trinajstić information content (AvgIpc) is 2.62. The lowest BCUT2D eigenvalue weighted by atomic mass is 10.0. The minimum Gasteiger partial charge on any atom is -0.480 e. The summed E-state index contributed by atoms with van der Waals surface area (Å²) in [6, 6.07) is 13.9. The standard InChI is InChI=1S/C18H21N3O2/c1-23-17-16(10-5-11-19-17)18(22)21-12-6-9-15(13-21)20-14-7-3-2-4-8-14/h2-5,7-8,10-11,15,20H,6,9,12-13H2,1H3. The molecule has 1 fully saturated rings. The predicted octanol–water partition coefficient (Wildman–Crippen LogP) is 2.81. The number of likely N-dealkylation sites (tertiary alicyclic amines) is 1. The lowest BCUT2D eigenvalue weighted by molar-refractivity contribution is 0.0710. The highest BCUT2D eigenvalue weighted by atomic mass is 16.5. The molecule has 5 nitrogen and oxygen atoms in total. The van der Waals surface area contributed by atoms with Gasteiger partial charge in [-0.05, 0) is 37.1 Å². The van der Waals surface area contributed by atoms with E-state index in [2.05, 4.69) is 10.3 Å². The maximum Gasteiger partial charge on any atom is 0.259 e. The molecule has 3 rings (SSSR count). The van der Waals surface area contributed by atoms with Gasteiger partial charge in [0.05, 0.1) is 7.11 Å². The first-order valence-electron chi connectivity index (χ1n) is 7.88. The molecule has 1 aromatic heterocycles. The molecular formula is C18H21N3O2. The summed E-state index contributed by atoms with van der Waals surface area (Å²) < 4.78 is 5.21. The summed E-state index contributed by atoms with van der Waals surface area (Å²) in [7, 11) is 1.54. The molecule has 120 valence electrons. The number of nitrogens with zero attached hydrogens (tertiary/aromatic N) is 2. The van der Waals surface area contributed by atoms with E-state index < -0.39 is 0 Å². The topological polar surface area (TPSA) is 54.5 Å². The van der Waals surface area contributed by atoms with E-state index in [0.29, 0.717) is 18.0 Å². The largest absolute Gasteiger partial charge is 0.480 e. The molecular weight excluding hydrogens is 290 g/mol. The molecule has 1 unspecified atom stereocenters. The number of pyridine rings is 1. The van der Waals surface area contributed by atoms with Crippen LogP contribution in [0.3, 0.4) is 0 Å². The predicted molar refractivity (Wildman–Crippen MR) is 89.8 cm³/mol. The van der Waals surface area contributed by atoms with Crippen LogP contribution in [-0.4, -0.2) is 42.0 Å². The van der Waals surface area contributed by atoms with Crippen LogP contribution in [0.4, 0.5) is 5.69 Å². The normalized spacial score (nSPS) is 17.6. The van der Waals surface area contributed by atoms with Gasteiger partial charge in [0.15, 0.2) is 0 Å². The fourth-order valence-electron chi connectivity index (χ4n) is 2.94. The molecule has 5 heteroatoms. The third kappa shape index (κ3) is 3.62. The first-order chi connectivity index (χ1) is 11.3. The number of benzene rings is 1. The molecule has 2 heterocycles. The zero-order chi connectivity index (χ0) is 16.1. The van der Waals surface area contributed by atoms with Gasteiger partial charge in [-0.25, -0.2) is 4.98 Å². The first kappa shape index (κ1) is 15.3. The summed E-state index contributed by atoms with van der Waals surface area (Å²) >= 11 is 0. The van der Waals surface area contributed by atoms with E-state index >= 15 is 0 Å². The van der Waals surface area contributed by atoms with Gasteiger partial charge in [0, 0.05) is 31.0 Å². The van der Waals surface area contributed by atoms with Crippen molar-refractivity contribution in [2.45, 2.75) is 18.9 Å². The van der Waals surface area contributed by atoms with E-state index in [1.54, 1.807) is 18.3 Å². The van der Waals surface area contributed by atoms with E-state index in [0.717, 1.165) is 25.1 Å². The minimum absolute atomic E-state index is 0.0190. The number of carbonyl (C=O) groups excluding carboxylic acids is 1. The SMILES string of the molecule is COc1ncccc1C(=O)N1CCCC(Nc2ccccc2)C1. The quantitative estimate of drug-likeness (QED) is 0.943. The van der Waals surface area contributed by atoms with Crippen molar-refractivity contribution in [2.24, 2.45) is 0 Å². The number of nitrogens with one attached hydrogen (secondary N) is 1. The van der Waals surface area contributed by atoms with Crippen LogP contribution < -0.4 is 10.1 Å². The van der Waals surface area contributed by atoms with Crippen molar-refractivity contribution in [3.8, 4) is 5.88 Å². The van der Waals surface area contributed by atoms with Crippen LogP contribution in [0.5, 0.6) is 5.88 Å². The highest BCUT2D eigenvalue weighted by molar-refractivity contribution is 5.96. The summed E-state index contributed by atoms with van der Waals surface area (Å²) in [6.45, 7) is 1.45. The van der Waals surface area contributed by atoms with Gasteiger partial charge in [-0.1, -0.05) is 18.2 Å². The lowest BCUT2D eigenvalue weighted by Gasteiger charge is -2.34. The number of carbonyl (C=O) groups is 1. The van der Waals surface area contributed by atoms with E-state index in [1.807, 2.05) is 35.2 Å². The number of para-hydroxylation sites is 1. The number of amides is 1. The second-order valence-electron chi connectivity index (χ2n) is 5.66. The van der Waals surface area contributed by atoms with Crippen LogP contribution in [0.2, 0.25) is 0 Å². The van der Waals surface area contributed by atoms with Crippen LogP contribution in [0.25, 0.3) is 0 Å². The van der Waals surface area contributed by atoms with Crippen molar-refractivity contribution in [3.05, 3.63) is 54.2 Å². The van der Waals surface area contributed by atoms with Crippen molar-refractivity contribution in [2.75, 3.05) is 25.5 Å². The van der Waals surface area contributed by atoms with Gasteiger partial charge in [0.1, 0.15) is 5.56 Å². The molecule has 1 aromatic carbocycles. The molecule has 1 saturated heterocycles. The lowest BCUT2D eigenvalue weighted by Crippen LogP contribution is -2.45. The third-order valence-corrected chi connectivity index (χ3v) is 4.05. The van der Waals surface area contributed by atoms with E-state index in [1.165, 1.54) is 7.11 Å². The van der Waals surface area contributed by atoms with E-state index in [9.17, 15) is 4.79 Å². The van der Waals surface area contributed by atoms with Crippen LogP contribution in [-0.2, 0) is 0 Å². The number of methoxy groups -OCH3 is 1. The Balaban J connectivity index is 1.69. The Labute approximate surface area is 136 Å². The number of hydrogen-bond donors (Lipinski definition) is 1. The molecule has 1 aliphatic rings. The number of piperidine rings is 1. The van der Waals surface area contributed by atoms with Crippen molar-refractivity contribution in [3.63, 3.8) is 0 Å². The van der Waals surface area contributed by atoms with Crippen molar-refractivity contribution < 1.29 is 9.53 Å². The molecule has 0 aliphatic carbocycles.